The van der Waals surface area contributed by atoms with Crippen LogP contribution in [0.15, 0.2) is 54.6 Å². The van der Waals surface area contributed by atoms with Crippen molar-refractivity contribution in [3.63, 3.8) is 0 Å². The normalized spacial score (nSPS) is 10.5. The summed E-state index contributed by atoms with van der Waals surface area (Å²) in [4.78, 5) is 25.9. The van der Waals surface area contributed by atoms with Crippen molar-refractivity contribution in [2.24, 2.45) is 0 Å². The second-order valence-corrected chi connectivity index (χ2v) is 6.31. The predicted molar refractivity (Wildman–Crippen MR) is 105 cm³/mol. The van der Waals surface area contributed by atoms with Gasteiger partial charge in [-0.1, -0.05) is 49.4 Å². The summed E-state index contributed by atoms with van der Waals surface area (Å²) in [5.74, 6) is 0.0449. The minimum Gasteiger partial charge on any atom is -0.484 e. The molecule has 0 aliphatic rings. The summed E-state index contributed by atoms with van der Waals surface area (Å²) in [6.45, 7) is 4.20. The molecule has 0 fully saturated rings. The van der Waals surface area contributed by atoms with Crippen LogP contribution in [0.4, 0.5) is 0 Å². The molecular formula is C21H27N3O3. The Labute approximate surface area is 160 Å². The smallest absolute Gasteiger partial charge is 0.258 e. The summed E-state index contributed by atoms with van der Waals surface area (Å²) in [7, 11) is 2.07. The molecule has 0 aliphatic heterocycles. The Morgan fingerprint density at radius 2 is 1.70 bits per heavy atom. The number of ether oxygens (including phenoxy) is 1. The Kier molecular flexibility index (Phi) is 8.32. The first-order valence-corrected chi connectivity index (χ1v) is 9.04. The summed E-state index contributed by atoms with van der Waals surface area (Å²) in [6, 6.07) is 17.2. The summed E-state index contributed by atoms with van der Waals surface area (Å²) >= 11 is 0. The second kappa shape index (κ2) is 11.0. The quantitative estimate of drug-likeness (QED) is 0.672. The number of para-hydroxylation sites is 1. The zero-order valence-electron chi connectivity index (χ0n) is 15.9. The van der Waals surface area contributed by atoms with Gasteiger partial charge in [-0.2, -0.15) is 0 Å². The Bertz CT molecular complexity index is 734. The van der Waals surface area contributed by atoms with Crippen molar-refractivity contribution < 1.29 is 14.3 Å². The lowest BCUT2D eigenvalue weighted by molar-refractivity contribution is -0.127. The zero-order valence-corrected chi connectivity index (χ0v) is 15.9. The van der Waals surface area contributed by atoms with Gasteiger partial charge in [-0.05, 0) is 36.9 Å². The Hall–Kier alpha value is -2.86. The summed E-state index contributed by atoms with van der Waals surface area (Å²) < 4.78 is 5.34. The Morgan fingerprint density at radius 3 is 2.44 bits per heavy atom. The van der Waals surface area contributed by atoms with E-state index < -0.39 is 0 Å². The van der Waals surface area contributed by atoms with Gasteiger partial charge in [0.05, 0.1) is 6.54 Å². The van der Waals surface area contributed by atoms with Crippen LogP contribution in [-0.4, -0.2) is 43.5 Å². The van der Waals surface area contributed by atoms with Gasteiger partial charge in [0.2, 0.25) is 5.91 Å². The third-order valence-corrected chi connectivity index (χ3v) is 4.03. The first-order chi connectivity index (χ1) is 13.1. The van der Waals surface area contributed by atoms with Gasteiger partial charge >= 0.3 is 0 Å². The van der Waals surface area contributed by atoms with Gasteiger partial charge in [-0.3, -0.25) is 9.59 Å². The van der Waals surface area contributed by atoms with Gasteiger partial charge in [0.25, 0.3) is 5.91 Å². The molecule has 0 heterocycles. The summed E-state index contributed by atoms with van der Waals surface area (Å²) in [5.41, 5.74) is 2.24. The lowest BCUT2D eigenvalue weighted by Gasteiger charge is -2.14. The van der Waals surface area contributed by atoms with Crippen molar-refractivity contribution in [3.8, 4) is 5.75 Å². The van der Waals surface area contributed by atoms with E-state index in [1.165, 1.54) is 5.56 Å². The largest absolute Gasteiger partial charge is 0.484 e. The van der Waals surface area contributed by atoms with E-state index in [2.05, 4.69) is 41.6 Å². The van der Waals surface area contributed by atoms with Gasteiger partial charge in [0.15, 0.2) is 6.61 Å². The van der Waals surface area contributed by atoms with Crippen LogP contribution in [-0.2, 0) is 22.7 Å². The molecule has 2 aromatic rings. The highest BCUT2D eigenvalue weighted by atomic mass is 16.5. The number of amides is 2. The highest BCUT2D eigenvalue weighted by Crippen LogP contribution is 2.08. The van der Waals surface area contributed by atoms with Crippen molar-refractivity contribution in [2.45, 2.75) is 20.0 Å². The number of carbonyl (C=O) groups is 2. The molecule has 0 atom stereocenters. The van der Waals surface area contributed by atoms with Crippen LogP contribution in [0.1, 0.15) is 18.1 Å². The number of nitrogens with one attached hydrogen (secondary N) is 2. The monoisotopic (exact) mass is 369 g/mol. The number of rotatable bonds is 10. The highest BCUT2D eigenvalue weighted by Gasteiger charge is 2.07. The number of hydrogen-bond donors (Lipinski definition) is 2. The molecule has 2 rings (SSSR count). The lowest BCUT2D eigenvalue weighted by atomic mass is 10.1. The van der Waals surface area contributed by atoms with Crippen LogP contribution in [0.3, 0.4) is 0 Å². The molecule has 2 amide bonds. The molecule has 2 aromatic carbocycles. The minimum atomic E-state index is -0.335. The molecule has 6 heteroatoms. The molecule has 6 nitrogen and oxygen atoms in total. The van der Waals surface area contributed by atoms with Gasteiger partial charge in [0.1, 0.15) is 5.75 Å². The summed E-state index contributed by atoms with van der Waals surface area (Å²) in [5, 5.41) is 5.37. The number of carbonyl (C=O) groups excluding carboxylic acids is 2. The molecule has 0 saturated carbocycles. The molecule has 0 radical (unpaired) electrons. The first kappa shape index (κ1) is 20.5. The lowest BCUT2D eigenvalue weighted by Crippen LogP contribution is -2.38. The van der Waals surface area contributed by atoms with Crippen LogP contribution in [0.25, 0.3) is 0 Å². The average Bonchev–Trinajstić information content (AvgIpc) is 2.70. The van der Waals surface area contributed by atoms with Crippen molar-refractivity contribution in [1.29, 1.82) is 0 Å². The fraction of sp³-hybridized carbons (Fsp3) is 0.333. The molecular weight excluding hydrogens is 342 g/mol. The SMILES string of the molecule is CCN(C)Cc1cccc(CNC(=O)CNC(=O)COc2ccccc2)c1. The fourth-order valence-electron chi connectivity index (χ4n) is 2.42. The van der Waals surface area contributed by atoms with Crippen LogP contribution in [0.5, 0.6) is 5.75 Å². The number of nitrogens with zero attached hydrogens (tertiary/aromatic N) is 1. The fourth-order valence-corrected chi connectivity index (χ4v) is 2.42. The maximum atomic E-state index is 11.9. The molecule has 2 N–H and O–H groups in total. The van der Waals surface area contributed by atoms with E-state index in [4.69, 9.17) is 4.74 Å². The summed E-state index contributed by atoms with van der Waals surface area (Å²) in [6.07, 6.45) is 0. The van der Waals surface area contributed by atoms with E-state index in [9.17, 15) is 9.59 Å². The van der Waals surface area contributed by atoms with Gasteiger partial charge in [-0.25, -0.2) is 0 Å². The van der Waals surface area contributed by atoms with Crippen LogP contribution in [0.2, 0.25) is 0 Å². The van der Waals surface area contributed by atoms with Gasteiger partial charge in [0, 0.05) is 13.1 Å². The average molecular weight is 369 g/mol. The molecule has 27 heavy (non-hydrogen) atoms. The third-order valence-electron chi connectivity index (χ3n) is 4.03. The van der Waals surface area contributed by atoms with Gasteiger partial charge in [-0.15, -0.1) is 0 Å². The van der Waals surface area contributed by atoms with Crippen LogP contribution >= 0.6 is 0 Å². The molecule has 0 saturated heterocycles. The van der Waals surface area contributed by atoms with Crippen molar-refractivity contribution in [2.75, 3.05) is 26.7 Å². The second-order valence-electron chi connectivity index (χ2n) is 6.31. The van der Waals surface area contributed by atoms with Crippen molar-refractivity contribution >= 4 is 11.8 Å². The maximum Gasteiger partial charge on any atom is 0.258 e. The van der Waals surface area contributed by atoms with Crippen LogP contribution < -0.4 is 15.4 Å². The predicted octanol–water partition coefficient (Wildman–Crippen LogP) is 1.95. The molecule has 0 bridgehead atoms. The molecule has 0 unspecified atom stereocenters. The topological polar surface area (TPSA) is 70.7 Å². The maximum absolute atomic E-state index is 11.9. The molecule has 0 aliphatic carbocycles. The number of hydrogen-bond acceptors (Lipinski definition) is 4. The molecule has 144 valence electrons. The number of benzene rings is 2. The van der Waals surface area contributed by atoms with E-state index in [0.29, 0.717) is 12.3 Å². The zero-order chi connectivity index (χ0) is 19.5. The Morgan fingerprint density at radius 1 is 0.963 bits per heavy atom. The van der Waals surface area contributed by atoms with Crippen molar-refractivity contribution in [1.82, 2.24) is 15.5 Å². The van der Waals surface area contributed by atoms with E-state index in [1.54, 1.807) is 12.1 Å². The van der Waals surface area contributed by atoms with Crippen molar-refractivity contribution in [3.05, 3.63) is 65.7 Å². The first-order valence-electron chi connectivity index (χ1n) is 9.04. The van der Waals surface area contributed by atoms with E-state index in [1.807, 2.05) is 30.3 Å². The van der Waals surface area contributed by atoms with E-state index in [-0.39, 0.29) is 25.0 Å². The molecule has 0 spiro atoms. The highest BCUT2D eigenvalue weighted by molar-refractivity contribution is 5.85. The molecule has 0 aromatic heterocycles. The van der Waals surface area contributed by atoms with E-state index >= 15 is 0 Å². The van der Waals surface area contributed by atoms with Gasteiger partial charge < -0.3 is 20.3 Å². The van der Waals surface area contributed by atoms with Crippen LogP contribution in [0, 0.1) is 0 Å². The third kappa shape index (κ3) is 7.92. The Balaban J connectivity index is 1.68. The standard InChI is InChI=1S/C21H27N3O3/c1-3-24(2)15-18-9-7-8-17(12-18)13-22-20(25)14-23-21(26)16-27-19-10-5-4-6-11-19/h4-12H,3,13-16H2,1-2H3,(H,22,25)(H,23,26). The van der Waals surface area contributed by atoms with E-state index in [0.717, 1.165) is 18.7 Å². The minimum absolute atomic E-state index is 0.0742.